The minimum Gasteiger partial charge on any atom is -0.494 e. The van der Waals surface area contributed by atoms with Crippen LogP contribution in [0.2, 0.25) is 0 Å². The Morgan fingerprint density at radius 2 is 1.82 bits per heavy atom. The molecule has 2 heterocycles. The molecule has 0 fully saturated rings. The number of fused-ring (bicyclic) bond motifs is 1. The number of carbonyl (C=O) groups excluding carboxylic acids is 1. The topological polar surface area (TPSA) is 91.9 Å². The average Bonchev–Trinajstić information content (AvgIpc) is 3.16. The van der Waals surface area contributed by atoms with Crippen molar-refractivity contribution in [2.24, 2.45) is 0 Å². The molecule has 0 unspecified atom stereocenters. The van der Waals surface area contributed by atoms with Gasteiger partial charge in [0, 0.05) is 5.56 Å². The van der Waals surface area contributed by atoms with Crippen LogP contribution in [-0.4, -0.2) is 37.2 Å². The van der Waals surface area contributed by atoms with E-state index in [1.165, 1.54) is 6.20 Å². The van der Waals surface area contributed by atoms with Crippen LogP contribution < -0.4 is 10.3 Å². The van der Waals surface area contributed by atoms with Crippen LogP contribution in [0.1, 0.15) is 17.3 Å². The lowest BCUT2D eigenvalue weighted by Gasteiger charge is -2.06. The molecule has 0 amide bonds. The molecule has 0 spiro atoms. The molecule has 2 aromatic carbocycles. The van der Waals surface area contributed by atoms with Crippen molar-refractivity contribution in [2.75, 3.05) is 6.61 Å². The fourth-order valence-electron chi connectivity index (χ4n) is 2.86. The Bertz CT molecular complexity index is 1180. The Morgan fingerprint density at radius 3 is 2.54 bits per heavy atom. The van der Waals surface area contributed by atoms with E-state index in [9.17, 15) is 9.59 Å². The van der Waals surface area contributed by atoms with Crippen LogP contribution in [0.3, 0.4) is 0 Å². The quantitative estimate of drug-likeness (QED) is 0.480. The van der Waals surface area contributed by atoms with Gasteiger partial charge in [-0.25, -0.2) is 9.36 Å². The van der Waals surface area contributed by atoms with Gasteiger partial charge in [0.2, 0.25) is 0 Å². The number of ether oxygens (including phenoxy) is 1. The Hall–Kier alpha value is -3.81. The smallest absolute Gasteiger partial charge is 0.281 e. The molecule has 0 aliphatic rings. The van der Waals surface area contributed by atoms with Gasteiger partial charge in [-0.05, 0) is 43.3 Å². The summed E-state index contributed by atoms with van der Waals surface area (Å²) in [5.41, 5.74) is 1.18. The van der Waals surface area contributed by atoms with Gasteiger partial charge in [0.25, 0.3) is 5.56 Å². The van der Waals surface area contributed by atoms with Crippen molar-refractivity contribution in [1.82, 2.24) is 24.8 Å². The minimum atomic E-state index is -0.411. The van der Waals surface area contributed by atoms with Gasteiger partial charge in [0.1, 0.15) is 17.7 Å². The maximum atomic E-state index is 12.7. The monoisotopic (exact) mass is 375 g/mol. The summed E-state index contributed by atoms with van der Waals surface area (Å²) in [6.45, 7) is 2.24. The molecule has 8 nitrogen and oxygen atoms in total. The standard InChI is InChI=1S/C20H17N5O3/c1-2-28-16-10-8-14(9-11-16)18(26)13-24-20(27)17-12-21-25(19(17)22-23-24)15-6-4-3-5-7-15/h3-12H,2,13H2,1H3. The van der Waals surface area contributed by atoms with Crippen LogP contribution in [0.25, 0.3) is 16.7 Å². The first-order chi connectivity index (χ1) is 13.7. The summed E-state index contributed by atoms with van der Waals surface area (Å²) in [4.78, 5) is 25.2. The number of Topliss-reactive ketones (excluding diaryl/α,β-unsaturated/α-hetero) is 1. The third kappa shape index (κ3) is 3.27. The summed E-state index contributed by atoms with van der Waals surface area (Å²) in [7, 11) is 0. The largest absolute Gasteiger partial charge is 0.494 e. The van der Waals surface area contributed by atoms with Crippen molar-refractivity contribution in [3.05, 3.63) is 76.7 Å². The van der Waals surface area contributed by atoms with Crippen molar-refractivity contribution in [3.63, 3.8) is 0 Å². The van der Waals surface area contributed by atoms with Crippen molar-refractivity contribution in [3.8, 4) is 11.4 Å². The van der Waals surface area contributed by atoms with Crippen LogP contribution >= 0.6 is 0 Å². The number of ketones is 1. The molecule has 0 N–H and O–H groups in total. The number of benzene rings is 2. The van der Waals surface area contributed by atoms with Crippen LogP contribution in [0.15, 0.2) is 65.6 Å². The van der Waals surface area contributed by atoms with Crippen LogP contribution in [0.4, 0.5) is 0 Å². The van der Waals surface area contributed by atoms with Crippen LogP contribution in [0.5, 0.6) is 5.75 Å². The van der Waals surface area contributed by atoms with Gasteiger partial charge in [-0.3, -0.25) is 9.59 Å². The van der Waals surface area contributed by atoms with E-state index in [1.807, 2.05) is 37.3 Å². The first-order valence-electron chi connectivity index (χ1n) is 8.80. The maximum absolute atomic E-state index is 12.7. The number of rotatable bonds is 6. The molecule has 140 valence electrons. The second-order valence-corrected chi connectivity index (χ2v) is 6.06. The average molecular weight is 375 g/mol. The summed E-state index contributed by atoms with van der Waals surface area (Å²) < 4.78 is 7.96. The van der Waals surface area contributed by atoms with Crippen molar-refractivity contribution in [1.29, 1.82) is 0 Å². The Kier molecular flexibility index (Phi) is 4.67. The normalized spacial score (nSPS) is 10.9. The van der Waals surface area contributed by atoms with Gasteiger partial charge in [-0.1, -0.05) is 23.4 Å². The first kappa shape index (κ1) is 17.6. The Morgan fingerprint density at radius 1 is 1.07 bits per heavy atom. The predicted molar refractivity (Wildman–Crippen MR) is 103 cm³/mol. The summed E-state index contributed by atoms with van der Waals surface area (Å²) >= 11 is 0. The molecule has 0 atom stereocenters. The van der Waals surface area contributed by atoms with E-state index in [-0.39, 0.29) is 12.3 Å². The molecular weight excluding hydrogens is 358 g/mol. The molecule has 0 bridgehead atoms. The molecule has 0 radical (unpaired) electrons. The van der Waals surface area contributed by atoms with Gasteiger partial charge < -0.3 is 4.74 Å². The van der Waals surface area contributed by atoms with Gasteiger partial charge in [-0.2, -0.15) is 5.10 Å². The van der Waals surface area contributed by atoms with E-state index in [0.29, 0.717) is 29.0 Å². The van der Waals surface area contributed by atoms with E-state index in [1.54, 1.807) is 28.9 Å². The Labute approximate surface area is 160 Å². The molecular formula is C20H17N5O3. The van der Waals surface area contributed by atoms with Crippen molar-refractivity contribution in [2.45, 2.75) is 13.5 Å². The van der Waals surface area contributed by atoms with E-state index in [2.05, 4.69) is 15.4 Å². The lowest BCUT2D eigenvalue weighted by Crippen LogP contribution is -2.27. The lowest BCUT2D eigenvalue weighted by atomic mass is 10.1. The van der Waals surface area contributed by atoms with E-state index in [0.717, 1.165) is 10.4 Å². The number of carbonyl (C=O) groups is 1. The highest BCUT2D eigenvalue weighted by Crippen LogP contribution is 2.14. The van der Waals surface area contributed by atoms with Gasteiger partial charge >= 0.3 is 0 Å². The minimum absolute atomic E-state index is 0.202. The number of para-hydroxylation sites is 1. The highest BCUT2D eigenvalue weighted by atomic mass is 16.5. The zero-order valence-electron chi connectivity index (χ0n) is 15.1. The molecule has 0 aliphatic heterocycles. The molecule has 8 heteroatoms. The fourth-order valence-corrected chi connectivity index (χ4v) is 2.86. The highest BCUT2D eigenvalue weighted by Gasteiger charge is 2.15. The molecule has 4 aromatic rings. The van der Waals surface area contributed by atoms with E-state index < -0.39 is 5.56 Å². The SMILES string of the molecule is CCOc1ccc(C(=O)Cn2nnc3c(cnn3-c3ccccc3)c2=O)cc1. The van der Waals surface area contributed by atoms with Gasteiger partial charge in [0.05, 0.1) is 18.5 Å². The molecule has 0 saturated heterocycles. The Balaban J connectivity index is 1.62. The molecule has 28 heavy (non-hydrogen) atoms. The summed E-state index contributed by atoms with van der Waals surface area (Å²) in [6, 6.07) is 16.1. The van der Waals surface area contributed by atoms with E-state index in [4.69, 9.17) is 4.74 Å². The zero-order valence-corrected chi connectivity index (χ0v) is 15.1. The van der Waals surface area contributed by atoms with E-state index >= 15 is 0 Å². The maximum Gasteiger partial charge on any atom is 0.281 e. The number of hydrogen-bond donors (Lipinski definition) is 0. The lowest BCUT2D eigenvalue weighted by molar-refractivity contribution is 0.0964. The fraction of sp³-hybridized carbons (Fsp3) is 0.150. The molecule has 4 rings (SSSR count). The molecule has 2 aromatic heterocycles. The van der Waals surface area contributed by atoms with Crippen molar-refractivity contribution < 1.29 is 9.53 Å². The number of nitrogens with zero attached hydrogens (tertiary/aromatic N) is 5. The first-order valence-corrected chi connectivity index (χ1v) is 8.80. The van der Waals surface area contributed by atoms with Crippen LogP contribution in [-0.2, 0) is 6.54 Å². The second kappa shape index (κ2) is 7.43. The summed E-state index contributed by atoms with van der Waals surface area (Å²) in [5, 5.41) is 12.6. The second-order valence-electron chi connectivity index (χ2n) is 6.06. The number of hydrogen-bond acceptors (Lipinski definition) is 6. The predicted octanol–water partition coefficient (Wildman–Crippen LogP) is 2.26. The third-order valence-corrected chi connectivity index (χ3v) is 4.24. The third-order valence-electron chi connectivity index (χ3n) is 4.24. The highest BCUT2D eigenvalue weighted by molar-refractivity contribution is 5.96. The van der Waals surface area contributed by atoms with Gasteiger partial charge in [-0.15, -0.1) is 5.10 Å². The zero-order chi connectivity index (χ0) is 19.5. The summed E-state index contributed by atoms with van der Waals surface area (Å²) in [6.07, 6.45) is 1.44. The van der Waals surface area contributed by atoms with Crippen LogP contribution in [0, 0.1) is 0 Å². The van der Waals surface area contributed by atoms with Crippen molar-refractivity contribution >= 4 is 16.8 Å². The van der Waals surface area contributed by atoms with Gasteiger partial charge in [0.15, 0.2) is 11.4 Å². The summed E-state index contributed by atoms with van der Waals surface area (Å²) in [5.74, 6) is 0.444. The molecule has 0 saturated carbocycles. The molecule has 0 aliphatic carbocycles. The number of aromatic nitrogens is 5.